The molecule has 0 spiro atoms. The lowest BCUT2D eigenvalue weighted by Crippen LogP contribution is -2.28. The zero-order chi connectivity index (χ0) is 20.3. The Labute approximate surface area is 164 Å². The summed E-state index contributed by atoms with van der Waals surface area (Å²) >= 11 is 0. The van der Waals surface area contributed by atoms with Gasteiger partial charge in [0.05, 0.1) is 23.2 Å². The van der Waals surface area contributed by atoms with E-state index < -0.39 is 5.97 Å². The lowest BCUT2D eigenvalue weighted by atomic mass is 9.93. The highest BCUT2D eigenvalue weighted by Crippen LogP contribution is 2.29. The molecule has 28 heavy (non-hydrogen) atoms. The van der Waals surface area contributed by atoms with Crippen molar-refractivity contribution >= 4 is 28.6 Å². The van der Waals surface area contributed by atoms with Crippen molar-refractivity contribution in [2.75, 3.05) is 25.4 Å². The van der Waals surface area contributed by atoms with Crippen molar-refractivity contribution in [3.05, 3.63) is 23.0 Å². The normalized spacial score (nSPS) is 15.1. The van der Waals surface area contributed by atoms with Crippen LogP contribution in [0.2, 0.25) is 0 Å². The number of carbonyl (C=O) groups excluding carboxylic acids is 1. The number of nitrogens with zero attached hydrogens (tertiary/aromatic N) is 2. The number of nitrogens with two attached hydrogens (primary N) is 1. The van der Waals surface area contributed by atoms with Gasteiger partial charge >= 0.3 is 5.97 Å². The second-order valence-corrected chi connectivity index (χ2v) is 7.57. The van der Waals surface area contributed by atoms with Gasteiger partial charge in [-0.25, -0.2) is 4.98 Å². The molecule has 0 aliphatic carbocycles. The zero-order valence-corrected chi connectivity index (χ0v) is 16.5. The van der Waals surface area contributed by atoms with E-state index in [0.29, 0.717) is 16.8 Å². The molecule has 1 saturated heterocycles. The summed E-state index contributed by atoms with van der Waals surface area (Å²) in [5, 5.41) is 14.7. The van der Waals surface area contributed by atoms with E-state index in [0.717, 1.165) is 48.8 Å². The van der Waals surface area contributed by atoms with Crippen LogP contribution in [0.4, 0.5) is 5.69 Å². The number of piperidine rings is 1. The average molecular weight is 387 g/mol. The highest BCUT2D eigenvalue weighted by Gasteiger charge is 2.21. The van der Waals surface area contributed by atoms with Gasteiger partial charge in [0.25, 0.3) is 5.91 Å². The number of amides is 1. The summed E-state index contributed by atoms with van der Waals surface area (Å²) in [4.78, 5) is 27.9. The number of nitrogens with one attached hydrogen (secondary N) is 2. The molecule has 2 aromatic rings. The Bertz CT molecular complexity index is 884. The first-order valence-electron chi connectivity index (χ1n) is 9.83. The van der Waals surface area contributed by atoms with Crippen molar-refractivity contribution < 1.29 is 14.7 Å². The highest BCUT2D eigenvalue weighted by atomic mass is 16.4. The predicted molar refractivity (Wildman–Crippen MR) is 108 cm³/mol. The van der Waals surface area contributed by atoms with Gasteiger partial charge < -0.3 is 26.0 Å². The fraction of sp³-hybridized carbons (Fsp3) is 0.550. The first-order chi connectivity index (χ1) is 13.4. The van der Waals surface area contributed by atoms with E-state index in [9.17, 15) is 9.59 Å². The van der Waals surface area contributed by atoms with Crippen molar-refractivity contribution in [1.82, 2.24) is 20.2 Å². The third-order valence-corrected chi connectivity index (χ3v) is 5.59. The van der Waals surface area contributed by atoms with Gasteiger partial charge in [-0.15, -0.1) is 0 Å². The summed E-state index contributed by atoms with van der Waals surface area (Å²) in [5.74, 6) is 0.377. The number of aryl methyl sites for hydroxylation is 3. The van der Waals surface area contributed by atoms with Gasteiger partial charge in [-0.2, -0.15) is 0 Å². The van der Waals surface area contributed by atoms with Gasteiger partial charge in [0.1, 0.15) is 11.3 Å². The molecule has 1 aliphatic rings. The topological polar surface area (TPSA) is 122 Å². The molecule has 1 fully saturated rings. The standard InChI is InChI=1S/C20H29N5O3/c1-12-11-14-19(18(21)17(12)20(28)23-10-7-16(26)27)24-15(25(14)2)4-3-13-5-8-22-9-6-13/h11,13,22H,3-10,21H2,1-2H3,(H,23,28)(H,26,27). The largest absolute Gasteiger partial charge is 0.481 e. The lowest BCUT2D eigenvalue weighted by Gasteiger charge is -2.22. The van der Waals surface area contributed by atoms with Gasteiger partial charge in [-0.3, -0.25) is 9.59 Å². The Morgan fingerprint density at radius 2 is 2.11 bits per heavy atom. The zero-order valence-electron chi connectivity index (χ0n) is 16.5. The summed E-state index contributed by atoms with van der Waals surface area (Å²) in [6.45, 7) is 4.07. The third kappa shape index (κ3) is 4.27. The number of benzene rings is 1. The summed E-state index contributed by atoms with van der Waals surface area (Å²) in [6.07, 6.45) is 4.25. The second-order valence-electron chi connectivity index (χ2n) is 7.57. The van der Waals surface area contributed by atoms with Gasteiger partial charge in [0.2, 0.25) is 0 Å². The van der Waals surface area contributed by atoms with Crippen molar-refractivity contribution in [2.45, 2.75) is 39.0 Å². The number of rotatable bonds is 7. The lowest BCUT2D eigenvalue weighted by molar-refractivity contribution is -0.136. The van der Waals surface area contributed by atoms with Gasteiger partial charge in [-0.1, -0.05) is 0 Å². The SMILES string of the molecule is Cc1cc2c(nc(CCC3CCNCC3)n2C)c(N)c1C(=O)NCCC(=O)O. The number of nitrogen functional groups attached to an aromatic ring is 1. The molecular weight excluding hydrogens is 358 g/mol. The first-order valence-corrected chi connectivity index (χ1v) is 9.83. The number of anilines is 1. The molecule has 1 amide bonds. The molecule has 1 aromatic heterocycles. The van der Waals surface area contributed by atoms with E-state index >= 15 is 0 Å². The van der Waals surface area contributed by atoms with E-state index in [1.807, 2.05) is 20.0 Å². The Balaban J connectivity index is 1.81. The number of hydrogen-bond acceptors (Lipinski definition) is 5. The van der Waals surface area contributed by atoms with E-state index in [-0.39, 0.29) is 18.9 Å². The van der Waals surface area contributed by atoms with Crippen LogP contribution in [0.1, 0.15) is 47.4 Å². The van der Waals surface area contributed by atoms with Crippen LogP contribution in [-0.4, -0.2) is 46.2 Å². The van der Waals surface area contributed by atoms with E-state index in [2.05, 4.69) is 15.2 Å². The Hall–Kier alpha value is -2.61. The number of carbonyl (C=O) groups is 2. The van der Waals surface area contributed by atoms with E-state index in [1.54, 1.807) is 0 Å². The average Bonchev–Trinajstić information content (AvgIpc) is 2.97. The number of aromatic nitrogens is 2. The second kappa shape index (κ2) is 8.60. The number of carboxylic acid groups (broad SMARTS) is 1. The number of fused-ring (bicyclic) bond motifs is 1. The molecule has 3 rings (SSSR count). The van der Waals surface area contributed by atoms with Crippen LogP contribution in [0.15, 0.2) is 6.07 Å². The predicted octanol–water partition coefficient (Wildman–Crippen LogP) is 1.60. The third-order valence-electron chi connectivity index (χ3n) is 5.59. The molecule has 1 aromatic carbocycles. The number of hydrogen-bond donors (Lipinski definition) is 4. The fourth-order valence-corrected chi connectivity index (χ4v) is 3.93. The molecule has 0 radical (unpaired) electrons. The van der Waals surface area contributed by atoms with Crippen molar-refractivity contribution in [3.8, 4) is 0 Å². The van der Waals surface area contributed by atoms with Crippen LogP contribution in [0.25, 0.3) is 11.0 Å². The molecule has 0 atom stereocenters. The van der Waals surface area contributed by atoms with Crippen LogP contribution in [-0.2, 0) is 18.3 Å². The van der Waals surface area contributed by atoms with Crippen LogP contribution < -0.4 is 16.4 Å². The van der Waals surface area contributed by atoms with Crippen LogP contribution in [0.3, 0.4) is 0 Å². The summed E-state index contributed by atoms with van der Waals surface area (Å²) in [7, 11) is 1.98. The van der Waals surface area contributed by atoms with E-state index in [4.69, 9.17) is 15.8 Å². The molecule has 5 N–H and O–H groups in total. The molecule has 2 heterocycles. The fourth-order valence-electron chi connectivity index (χ4n) is 3.93. The quantitative estimate of drug-likeness (QED) is 0.535. The monoisotopic (exact) mass is 387 g/mol. The molecular formula is C20H29N5O3. The van der Waals surface area contributed by atoms with Gasteiger partial charge in [0.15, 0.2) is 0 Å². The van der Waals surface area contributed by atoms with Crippen LogP contribution in [0.5, 0.6) is 0 Å². The summed E-state index contributed by atoms with van der Waals surface area (Å²) in [5.41, 5.74) is 9.35. The van der Waals surface area contributed by atoms with Gasteiger partial charge in [-0.05, 0) is 56.8 Å². The maximum Gasteiger partial charge on any atom is 0.305 e. The summed E-state index contributed by atoms with van der Waals surface area (Å²) in [6, 6.07) is 1.93. The van der Waals surface area contributed by atoms with E-state index in [1.165, 1.54) is 12.8 Å². The van der Waals surface area contributed by atoms with Crippen molar-refractivity contribution in [1.29, 1.82) is 0 Å². The molecule has 8 nitrogen and oxygen atoms in total. The van der Waals surface area contributed by atoms with Crippen molar-refractivity contribution in [3.63, 3.8) is 0 Å². The highest BCUT2D eigenvalue weighted by molar-refractivity contribution is 6.07. The Kier molecular flexibility index (Phi) is 6.18. The minimum absolute atomic E-state index is 0.0643. The number of aliphatic carboxylic acids is 1. The minimum Gasteiger partial charge on any atom is -0.481 e. The van der Waals surface area contributed by atoms with Crippen LogP contribution in [0, 0.1) is 12.8 Å². The van der Waals surface area contributed by atoms with Crippen LogP contribution >= 0.6 is 0 Å². The maximum atomic E-state index is 12.5. The summed E-state index contributed by atoms with van der Waals surface area (Å²) < 4.78 is 2.06. The molecule has 152 valence electrons. The molecule has 0 bridgehead atoms. The molecule has 0 saturated carbocycles. The molecule has 0 unspecified atom stereocenters. The van der Waals surface area contributed by atoms with Crippen molar-refractivity contribution in [2.24, 2.45) is 13.0 Å². The minimum atomic E-state index is -0.955. The molecule has 8 heteroatoms. The molecule has 1 aliphatic heterocycles. The Morgan fingerprint density at radius 1 is 1.39 bits per heavy atom. The maximum absolute atomic E-state index is 12.5. The smallest absolute Gasteiger partial charge is 0.305 e. The Morgan fingerprint density at radius 3 is 2.79 bits per heavy atom. The van der Waals surface area contributed by atoms with Gasteiger partial charge in [0, 0.05) is 20.0 Å². The first kappa shape index (κ1) is 20.1. The number of carboxylic acids is 1. The number of imidazole rings is 1.